The molecular formula is C21H24N2O3. The largest absolute Gasteiger partial charge is 0.493 e. The molecule has 1 aliphatic carbocycles. The molecule has 1 amide bonds. The van der Waals surface area contributed by atoms with Gasteiger partial charge in [0.05, 0.1) is 12.8 Å². The van der Waals surface area contributed by atoms with Crippen LogP contribution < -0.4 is 14.9 Å². The molecule has 0 saturated heterocycles. The number of hydrogen-bond acceptors (Lipinski definition) is 4. The molecule has 2 aromatic carbocycles. The molecule has 1 aliphatic rings. The van der Waals surface area contributed by atoms with E-state index in [1.165, 1.54) is 17.5 Å². The van der Waals surface area contributed by atoms with Gasteiger partial charge in [-0.15, -0.1) is 0 Å². The molecule has 0 aromatic heterocycles. The van der Waals surface area contributed by atoms with Gasteiger partial charge in [0.1, 0.15) is 0 Å². The van der Waals surface area contributed by atoms with Crippen LogP contribution in [0, 0.1) is 0 Å². The van der Waals surface area contributed by atoms with Gasteiger partial charge in [0.15, 0.2) is 17.6 Å². The molecule has 1 atom stereocenters. The van der Waals surface area contributed by atoms with E-state index in [1.54, 1.807) is 26.2 Å². The van der Waals surface area contributed by atoms with Crippen LogP contribution in [0.4, 0.5) is 0 Å². The van der Waals surface area contributed by atoms with Gasteiger partial charge in [-0.25, -0.2) is 5.43 Å². The minimum Gasteiger partial charge on any atom is -0.493 e. The maximum Gasteiger partial charge on any atom is 0.280 e. The summed E-state index contributed by atoms with van der Waals surface area (Å²) in [6.07, 6.45) is 2.79. The number of amides is 1. The van der Waals surface area contributed by atoms with Gasteiger partial charge in [0.2, 0.25) is 0 Å². The van der Waals surface area contributed by atoms with Crippen molar-refractivity contribution in [3.05, 3.63) is 59.2 Å². The molecule has 26 heavy (non-hydrogen) atoms. The summed E-state index contributed by atoms with van der Waals surface area (Å²) in [6, 6.07) is 13.6. The normalized spacial score (nSPS) is 14.5. The van der Waals surface area contributed by atoms with E-state index in [0.29, 0.717) is 11.5 Å². The zero-order chi connectivity index (χ0) is 18.5. The second-order valence-electron chi connectivity index (χ2n) is 6.42. The van der Waals surface area contributed by atoms with Crippen LogP contribution in [0.1, 0.15) is 37.0 Å². The summed E-state index contributed by atoms with van der Waals surface area (Å²) >= 11 is 0. The Kier molecular flexibility index (Phi) is 5.56. The molecule has 5 nitrogen and oxygen atoms in total. The zero-order valence-electron chi connectivity index (χ0n) is 15.4. The number of carbonyl (C=O) groups excluding carboxylic acids is 1. The van der Waals surface area contributed by atoms with E-state index >= 15 is 0 Å². The number of fused-ring (bicyclic) bond motifs is 1. The average Bonchev–Trinajstić information content (AvgIpc) is 3.13. The van der Waals surface area contributed by atoms with Crippen LogP contribution >= 0.6 is 0 Å². The maximum atomic E-state index is 12.3. The van der Waals surface area contributed by atoms with Gasteiger partial charge < -0.3 is 9.47 Å². The molecule has 0 saturated carbocycles. The Hall–Kier alpha value is -2.82. The fourth-order valence-electron chi connectivity index (χ4n) is 3.05. The van der Waals surface area contributed by atoms with E-state index in [1.807, 2.05) is 19.1 Å². The Morgan fingerprint density at radius 1 is 1.12 bits per heavy atom. The van der Waals surface area contributed by atoms with Gasteiger partial charge in [-0.05, 0) is 68.0 Å². The van der Waals surface area contributed by atoms with Gasteiger partial charge in [-0.2, -0.15) is 5.10 Å². The number of hydrazone groups is 1. The van der Waals surface area contributed by atoms with E-state index in [-0.39, 0.29) is 5.91 Å². The number of rotatable bonds is 6. The van der Waals surface area contributed by atoms with Crippen molar-refractivity contribution in [3.63, 3.8) is 0 Å². The first-order valence-corrected chi connectivity index (χ1v) is 8.84. The highest BCUT2D eigenvalue weighted by molar-refractivity contribution is 5.99. The quantitative estimate of drug-likeness (QED) is 0.639. The lowest BCUT2D eigenvalue weighted by Gasteiger charge is -2.15. The van der Waals surface area contributed by atoms with Crippen LogP contribution in [-0.2, 0) is 17.6 Å². The summed E-state index contributed by atoms with van der Waals surface area (Å²) in [6.45, 7) is 3.57. The van der Waals surface area contributed by atoms with Crippen molar-refractivity contribution < 1.29 is 14.3 Å². The van der Waals surface area contributed by atoms with Crippen LogP contribution in [0.2, 0.25) is 0 Å². The van der Waals surface area contributed by atoms with Crippen molar-refractivity contribution in [2.45, 2.75) is 39.2 Å². The van der Waals surface area contributed by atoms with Crippen LogP contribution in [0.5, 0.6) is 11.5 Å². The first-order valence-electron chi connectivity index (χ1n) is 8.84. The predicted molar refractivity (Wildman–Crippen MR) is 102 cm³/mol. The van der Waals surface area contributed by atoms with E-state index in [0.717, 1.165) is 24.1 Å². The van der Waals surface area contributed by atoms with E-state index in [4.69, 9.17) is 9.47 Å². The average molecular weight is 352 g/mol. The van der Waals surface area contributed by atoms with E-state index < -0.39 is 6.10 Å². The summed E-state index contributed by atoms with van der Waals surface area (Å²) < 4.78 is 10.9. The molecule has 0 heterocycles. The summed E-state index contributed by atoms with van der Waals surface area (Å²) in [4.78, 5) is 12.3. The molecule has 0 unspecified atom stereocenters. The maximum absolute atomic E-state index is 12.3. The van der Waals surface area contributed by atoms with Gasteiger partial charge in [-0.3, -0.25) is 4.79 Å². The summed E-state index contributed by atoms with van der Waals surface area (Å²) in [5, 5.41) is 4.23. The lowest BCUT2D eigenvalue weighted by molar-refractivity contribution is -0.127. The molecule has 0 spiro atoms. The number of ether oxygens (including phenoxy) is 2. The topological polar surface area (TPSA) is 59.9 Å². The Balaban J connectivity index is 1.62. The molecule has 0 fully saturated rings. The van der Waals surface area contributed by atoms with E-state index in [2.05, 4.69) is 28.7 Å². The summed E-state index contributed by atoms with van der Waals surface area (Å²) in [5.41, 5.74) is 7.20. The van der Waals surface area contributed by atoms with Gasteiger partial charge in [-0.1, -0.05) is 24.3 Å². The molecule has 0 bridgehead atoms. The molecular weight excluding hydrogens is 328 g/mol. The third-order valence-electron chi connectivity index (χ3n) is 4.59. The van der Waals surface area contributed by atoms with E-state index in [9.17, 15) is 4.79 Å². The highest BCUT2D eigenvalue weighted by Gasteiger charge is 2.17. The smallest absolute Gasteiger partial charge is 0.280 e. The SMILES string of the molecule is COc1ccccc1O[C@H](C)C(=O)NN=C(C)c1ccc2c(c1)CCC2. The van der Waals surface area contributed by atoms with Crippen LogP contribution in [0.3, 0.4) is 0 Å². The van der Waals surface area contributed by atoms with Crippen LogP contribution in [0.25, 0.3) is 0 Å². The summed E-state index contributed by atoms with van der Waals surface area (Å²) in [5.74, 6) is 0.804. The third-order valence-corrected chi connectivity index (χ3v) is 4.59. The first kappa shape index (κ1) is 18.0. The number of hydrogen-bond donors (Lipinski definition) is 1. The number of nitrogens with zero attached hydrogens (tertiary/aromatic N) is 1. The van der Waals surface area contributed by atoms with Crippen molar-refractivity contribution in [2.75, 3.05) is 7.11 Å². The Bertz CT molecular complexity index is 830. The van der Waals surface area contributed by atoms with Gasteiger partial charge in [0, 0.05) is 0 Å². The van der Waals surface area contributed by atoms with Gasteiger partial charge >= 0.3 is 0 Å². The lowest BCUT2D eigenvalue weighted by atomic mass is 10.0. The minimum absolute atomic E-state index is 0.309. The fourth-order valence-corrected chi connectivity index (χ4v) is 3.05. The van der Waals surface area contributed by atoms with Gasteiger partial charge in [0.25, 0.3) is 5.91 Å². The van der Waals surface area contributed by atoms with Crippen molar-refractivity contribution in [2.24, 2.45) is 5.10 Å². The highest BCUT2D eigenvalue weighted by Crippen LogP contribution is 2.27. The fraction of sp³-hybridized carbons (Fsp3) is 0.333. The molecule has 0 radical (unpaired) electrons. The van der Waals surface area contributed by atoms with Crippen molar-refractivity contribution in [1.29, 1.82) is 0 Å². The number of aryl methyl sites for hydroxylation is 2. The Labute approximate surface area is 154 Å². The second kappa shape index (κ2) is 8.04. The number of para-hydroxylation sites is 2. The predicted octanol–water partition coefficient (Wildman–Crippen LogP) is 3.49. The van der Waals surface area contributed by atoms with Crippen LogP contribution in [-0.4, -0.2) is 24.8 Å². The highest BCUT2D eigenvalue weighted by atomic mass is 16.5. The monoisotopic (exact) mass is 352 g/mol. The minimum atomic E-state index is -0.692. The molecule has 0 aliphatic heterocycles. The number of methoxy groups -OCH3 is 1. The number of nitrogens with one attached hydrogen (secondary N) is 1. The molecule has 3 rings (SSSR count). The molecule has 1 N–H and O–H groups in total. The molecule has 2 aromatic rings. The van der Waals surface area contributed by atoms with Crippen LogP contribution in [0.15, 0.2) is 47.6 Å². The standard InChI is InChI=1S/C21H24N2O3/c1-14(17-12-11-16-7-6-8-18(16)13-17)22-23-21(24)15(2)26-20-10-5-4-9-19(20)25-3/h4-5,9-13,15H,6-8H2,1-3H3,(H,23,24)/t15-/m1/s1. The molecule has 5 heteroatoms. The first-order chi connectivity index (χ1) is 12.6. The third kappa shape index (κ3) is 4.04. The van der Waals surface area contributed by atoms with Crippen molar-refractivity contribution in [3.8, 4) is 11.5 Å². The summed E-state index contributed by atoms with van der Waals surface area (Å²) in [7, 11) is 1.57. The second-order valence-corrected chi connectivity index (χ2v) is 6.42. The Morgan fingerprint density at radius 3 is 2.62 bits per heavy atom. The number of carbonyl (C=O) groups is 1. The molecule has 136 valence electrons. The zero-order valence-corrected chi connectivity index (χ0v) is 15.4. The van der Waals surface area contributed by atoms with Crippen molar-refractivity contribution >= 4 is 11.6 Å². The van der Waals surface area contributed by atoms with Crippen molar-refractivity contribution in [1.82, 2.24) is 5.43 Å². The lowest BCUT2D eigenvalue weighted by Crippen LogP contribution is -2.34. The number of benzene rings is 2. The Morgan fingerprint density at radius 2 is 1.85 bits per heavy atom.